The first kappa shape index (κ1) is 12.2. The Kier molecular flexibility index (Phi) is 4.14. The van der Waals surface area contributed by atoms with Crippen molar-refractivity contribution < 1.29 is 31.5 Å². The number of amides is 1. The number of carbonyl (C=O) groups is 1. The van der Waals surface area contributed by atoms with Gasteiger partial charge in [0.2, 0.25) is 5.44 Å². The van der Waals surface area contributed by atoms with Crippen LogP contribution in [0.5, 0.6) is 0 Å². The van der Waals surface area contributed by atoms with E-state index < -0.39 is 35.2 Å². The Balaban J connectivity index is 4.27. The summed E-state index contributed by atoms with van der Waals surface area (Å²) in [6.07, 6.45) is -7.94. The molecule has 0 aromatic rings. The molecule has 0 aliphatic carbocycles. The van der Waals surface area contributed by atoms with Crippen LogP contribution >= 0.6 is 0 Å². The summed E-state index contributed by atoms with van der Waals surface area (Å²) in [5, 5.41) is 0. The molecule has 0 radical (unpaired) electrons. The lowest BCUT2D eigenvalue weighted by molar-refractivity contribution is -0.145. The molecule has 0 fully saturated rings. The van der Waals surface area contributed by atoms with E-state index in [9.17, 15) is 22.2 Å². The van der Waals surface area contributed by atoms with Crippen LogP contribution in [0, 0.1) is 0 Å². The van der Waals surface area contributed by atoms with Crippen LogP contribution in [0.2, 0.25) is 0 Å². The molecule has 0 saturated carbocycles. The maximum atomic E-state index is 11.6. The van der Waals surface area contributed by atoms with E-state index in [2.05, 4.69) is 10.5 Å². The van der Waals surface area contributed by atoms with E-state index in [4.69, 9.17) is 4.55 Å². The van der Waals surface area contributed by atoms with Crippen LogP contribution in [0.15, 0.2) is 0 Å². The lowest BCUT2D eigenvalue weighted by Gasteiger charge is -2.14. The molecule has 5 nitrogen and oxygen atoms in total. The number of hydrogen-bond donors (Lipinski definition) is 2. The van der Waals surface area contributed by atoms with Gasteiger partial charge in [-0.05, 0) is 0 Å². The van der Waals surface area contributed by atoms with Gasteiger partial charge in [0.05, 0.1) is 6.42 Å². The number of halogens is 3. The molecule has 0 spiro atoms. The van der Waals surface area contributed by atoms with Gasteiger partial charge in [-0.1, -0.05) is 0 Å². The van der Waals surface area contributed by atoms with E-state index in [0.717, 1.165) is 0 Å². The number of primary amides is 1. The highest BCUT2D eigenvalue weighted by Gasteiger charge is 2.36. The van der Waals surface area contributed by atoms with Gasteiger partial charge in [0.25, 0.3) is 0 Å². The standard InChI is InChI=1S/C4H6F3NO4S/c5-4(6,7)1-2(13(10)11)12-3(8)9/h2H,1H2,(H2,8,9)(H,10,11). The van der Waals surface area contributed by atoms with Gasteiger partial charge in [-0.25, -0.2) is 9.00 Å². The lowest BCUT2D eigenvalue weighted by Crippen LogP contribution is -2.30. The second-order valence-corrected chi connectivity index (χ2v) is 3.04. The Labute approximate surface area is 73.3 Å². The molecular formula is C4H6F3NO4S. The minimum absolute atomic E-state index is 1.53. The molecular weight excluding hydrogens is 215 g/mol. The van der Waals surface area contributed by atoms with Crippen molar-refractivity contribution in [2.75, 3.05) is 0 Å². The van der Waals surface area contributed by atoms with Crippen LogP contribution in [0.3, 0.4) is 0 Å². The Morgan fingerprint density at radius 2 is 2.08 bits per heavy atom. The third-order valence-electron chi connectivity index (χ3n) is 0.871. The van der Waals surface area contributed by atoms with Gasteiger partial charge in [0.15, 0.2) is 11.1 Å². The average molecular weight is 221 g/mol. The maximum Gasteiger partial charge on any atom is 0.405 e. The number of carbonyl (C=O) groups excluding carboxylic acids is 1. The summed E-state index contributed by atoms with van der Waals surface area (Å²) in [5.74, 6) is 0. The summed E-state index contributed by atoms with van der Waals surface area (Å²) in [5.41, 5.74) is 2.21. The fraction of sp³-hybridized carbons (Fsp3) is 0.750. The highest BCUT2D eigenvalue weighted by atomic mass is 32.2. The van der Waals surface area contributed by atoms with Crippen molar-refractivity contribution in [1.82, 2.24) is 0 Å². The molecule has 0 rings (SSSR count). The van der Waals surface area contributed by atoms with E-state index in [1.165, 1.54) is 0 Å². The van der Waals surface area contributed by atoms with Crippen molar-refractivity contribution >= 4 is 17.2 Å². The molecule has 0 aliphatic rings. The number of rotatable bonds is 3. The Morgan fingerprint density at radius 1 is 1.62 bits per heavy atom. The van der Waals surface area contributed by atoms with Crippen molar-refractivity contribution in [2.24, 2.45) is 5.73 Å². The number of nitrogens with two attached hydrogens (primary N) is 1. The normalized spacial score (nSPS) is 16.3. The number of alkyl halides is 3. The summed E-state index contributed by atoms with van der Waals surface area (Å²) in [7, 11) is 0. The molecule has 3 N–H and O–H groups in total. The average Bonchev–Trinajstić information content (AvgIpc) is 1.81. The highest BCUT2D eigenvalue weighted by Crippen LogP contribution is 2.23. The lowest BCUT2D eigenvalue weighted by atomic mass is 10.4. The predicted octanol–water partition coefficient (Wildman–Crippen LogP) is 0.582. The second-order valence-electron chi connectivity index (χ2n) is 1.96. The first-order valence-corrected chi connectivity index (χ1v) is 4.02. The van der Waals surface area contributed by atoms with Gasteiger partial charge in [-0.2, -0.15) is 13.2 Å². The molecule has 0 aromatic heterocycles. The topological polar surface area (TPSA) is 89.6 Å². The van der Waals surface area contributed by atoms with Crippen molar-refractivity contribution in [3.05, 3.63) is 0 Å². The summed E-state index contributed by atoms with van der Waals surface area (Å²) in [6, 6.07) is 0. The van der Waals surface area contributed by atoms with E-state index in [1.54, 1.807) is 0 Å². The minimum atomic E-state index is -4.70. The van der Waals surface area contributed by atoms with Crippen LogP contribution < -0.4 is 5.73 Å². The van der Waals surface area contributed by atoms with Crippen LogP contribution in [0.1, 0.15) is 6.42 Å². The fourth-order valence-corrected chi connectivity index (χ4v) is 0.981. The van der Waals surface area contributed by atoms with Gasteiger partial charge >= 0.3 is 12.3 Å². The van der Waals surface area contributed by atoms with Crippen molar-refractivity contribution in [2.45, 2.75) is 18.0 Å². The Morgan fingerprint density at radius 3 is 2.31 bits per heavy atom. The summed E-state index contributed by atoms with van der Waals surface area (Å²) in [4.78, 5) is 9.99. The zero-order chi connectivity index (χ0) is 10.6. The molecule has 0 heterocycles. The van der Waals surface area contributed by atoms with E-state index in [1.807, 2.05) is 0 Å². The Bertz CT molecular complexity index is 218. The molecule has 1 amide bonds. The van der Waals surface area contributed by atoms with Gasteiger partial charge in [-0.3, -0.25) is 0 Å². The number of ether oxygens (including phenoxy) is 1. The maximum absolute atomic E-state index is 11.6. The van der Waals surface area contributed by atoms with Crippen molar-refractivity contribution in [3.8, 4) is 0 Å². The molecule has 0 bridgehead atoms. The van der Waals surface area contributed by atoms with Gasteiger partial charge in [-0.15, -0.1) is 0 Å². The summed E-state index contributed by atoms with van der Waals surface area (Å²) >= 11 is -2.91. The zero-order valence-electron chi connectivity index (χ0n) is 6.08. The molecule has 78 valence electrons. The Hall–Kier alpha value is -0.830. The minimum Gasteiger partial charge on any atom is -0.430 e. The van der Waals surface area contributed by atoms with Crippen molar-refractivity contribution in [3.63, 3.8) is 0 Å². The molecule has 9 heteroatoms. The van der Waals surface area contributed by atoms with Crippen LogP contribution in [0.4, 0.5) is 18.0 Å². The smallest absolute Gasteiger partial charge is 0.405 e. The third kappa shape index (κ3) is 6.34. The highest BCUT2D eigenvalue weighted by molar-refractivity contribution is 7.79. The SMILES string of the molecule is NC(=O)OC(CC(F)(F)F)S(=O)O. The van der Waals surface area contributed by atoms with Gasteiger partial charge in [0, 0.05) is 0 Å². The molecule has 13 heavy (non-hydrogen) atoms. The predicted molar refractivity (Wildman–Crippen MR) is 35.9 cm³/mol. The summed E-state index contributed by atoms with van der Waals surface area (Å²) in [6.45, 7) is 0. The van der Waals surface area contributed by atoms with Crippen LogP contribution in [-0.2, 0) is 15.8 Å². The monoisotopic (exact) mass is 221 g/mol. The molecule has 2 unspecified atom stereocenters. The molecule has 0 aliphatic heterocycles. The second kappa shape index (κ2) is 4.42. The number of hydrogen-bond acceptors (Lipinski definition) is 3. The van der Waals surface area contributed by atoms with Crippen molar-refractivity contribution in [1.29, 1.82) is 0 Å². The first-order chi connectivity index (χ1) is 5.72. The quantitative estimate of drug-likeness (QED) is 0.682. The first-order valence-electron chi connectivity index (χ1n) is 2.85. The van der Waals surface area contributed by atoms with Gasteiger partial charge in [0.1, 0.15) is 0 Å². The van der Waals surface area contributed by atoms with Crippen LogP contribution in [-0.4, -0.2) is 26.5 Å². The fourth-order valence-electron chi connectivity index (χ4n) is 0.473. The molecule has 0 aromatic carbocycles. The zero-order valence-corrected chi connectivity index (χ0v) is 6.89. The van der Waals surface area contributed by atoms with Gasteiger partial charge < -0.3 is 15.0 Å². The van der Waals surface area contributed by atoms with Crippen LogP contribution in [0.25, 0.3) is 0 Å². The molecule has 0 saturated heterocycles. The van der Waals surface area contributed by atoms with E-state index >= 15 is 0 Å². The van der Waals surface area contributed by atoms with E-state index in [0.29, 0.717) is 0 Å². The van der Waals surface area contributed by atoms with E-state index in [-0.39, 0.29) is 0 Å². The summed E-state index contributed by atoms with van der Waals surface area (Å²) < 4.78 is 57.1. The third-order valence-corrected chi connectivity index (χ3v) is 1.58. The largest absolute Gasteiger partial charge is 0.430 e. The molecule has 2 atom stereocenters.